The zero-order chi connectivity index (χ0) is 23.5. The van der Waals surface area contributed by atoms with E-state index >= 15 is 0 Å². The Bertz CT molecular complexity index is 994. The molecule has 2 saturated heterocycles. The summed E-state index contributed by atoms with van der Waals surface area (Å²) in [6.45, 7) is 10.3. The number of morpholine rings is 1. The maximum absolute atomic E-state index is 12.8. The summed E-state index contributed by atoms with van der Waals surface area (Å²) in [6.07, 6.45) is 2.37. The number of nitrogens with zero attached hydrogens (tertiary/aromatic N) is 4. The Hall–Kier alpha value is -2.56. The molecule has 33 heavy (non-hydrogen) atoms. The molecule has 0 unspecified atom stereocenters. The predicted molar refractivity (Wildman–Crippen MR) is 129 cm³/mol. The van der Waals surface area contributed by atoms with Crippen LogP contribution in [0.2, 0.25) is 0 Å². The van der Waals surface area contributed by atoms with E-state index in [1.54, 1.807) is 12.1 Å². The van der Waals surface area contributed by atoms with Crippen LogP contribution in [-0.2, 0) is 11.3 Å². The van der Waals surface area contributed by atoms with E-state index in [1.807, 2.05) is 10.3 Å². The minimum absolute atomic E-state index is 0.0346. The highest BCUT2D eigenvalue weighted by atomic mass is 32.1. The van der Waals surface area contributed by atoms with Gasteiger partial charge in [-0.05, 0) is 44.7 Å². The van der Waals surface area contributed by atoms with E-state index < -0.39 is 10.8 Å². The minimum Gasteiger partial charge on any atom is -0.373 e. The van der Waals surface area contributed by atoms with E-state index in [4.69, 9.17) is 4.74 Å². The molecular weight excluding hydrogens is 442 g/mol. The first kappa shape index (κ1) is 23.6. The SMILES string of the molecule is CC1CCN(c2ccc(C(=O)Nc3nc(CN4C[C@H](C)O[C@@H](C)C4)cs3)cc2[N+](=O)[O-])CC1. The molecule has 10 heteroatoms. The van der Waals surface area contributed by atoms with Gasteiger partial charge in [-0.2, -0.15) is 0 Å². The first-order valence-corrected chi connectivity index (χ1v) is 12.3. The third-order valence-corrected chi connectivity index (χ3v) is 7.02. The number of nitro benzene ring substituents is 1. The summed E-state index contributed by atoms with van der Waals surface area (Å²) < 4.78 is 5.77. The molecule has 2 aliphatic rings. The van der Waals surface area contributed by atoms with Gasteiger partial charge in [0.2, 0.25) is 0 Å². The standard InChI is InChI=1S/C23H31N5O4S/c1-15-6-8-27(9-7-15)20-5-4-18(10-21(20)28(30)31)22(29)25-23-24-19(14-33-23)13-26-11-16(2)32-17(3)12-26/h4-5,10,14-17H,6-9,11-13H2,1-3H3,(H,24,25,29)/t16-,17-/m0/s1. The molecule has 1 aromatic carbocycles. The second-order valence-corrected chi connectivity index (χ2v) is 10.0. The Kier molecular flexibility index (Phi) is 7.26. The van der Waals surface area contributed by atoms with Gasteiger partial charge in [0.05, 0.1) is 22.8 Å². The first-order valence-electron chi connectivity index (χ1n) is 11.5. The topological polar surface area (TPSA) is 101 Å². The monoisotopic (exact) mass is 473 g/mol. The number of hydrogen-bond acceptors (Lipinski definition) is 8. The molecule has 2 fully saturated rings. The summed E-state index contributed by atoms with van der Waals surface area (Å²) in [7, 11) is 0. The van der Waals surface area contributed by atoms with E-state index in [2.05, 4.69) is 36.0 Å². The molecule has 2 atom stereocenters. The lowest BCUT2D eigenvalue weighted by Crippen LogP contribution is -2.44. The molecule has 0 saturated carbocycles. The van der Waals surface area contributed by atoms with Crippen molar-refractivity contribution in [3.05, 3.63) is 45.0 Å². The molecule has 2 aromatic rings. The van der Waals surface area contributed by atoms with Gasteiger partial charge in [0.25, 0.3) is 11.6 Å². The molecule has 0 aliphatic carbocycles. The smallest absolute Gasteiger partial charge is 0.293 e. The number of carbonyl (C=O) groups is 1. The molecule has 1 N–H and O–H groups in total. The van der Waals surface area contributed by atoms with Crippen LogP contribution in [0, 0.1) is 16.0 Å². The third kappa shape index (κ3) is 5.87. The van der Waals surface area contributed by atoms with E-state index in [0.29, 0.717) is 23.3 Å². The van der Waals surface area contributed by atoms with E-state index in [-0.39, 0.29) is 23.5 Å². The van der Waals surface area contributed by atoms with Crippen LogP contribution >= 0.6 is 11.3 Å². The highest BCUT2D eigenvalue weighted by Crippen LogP contribution is 2.32. The number of hydrogen-bond donors (Lipinski definition) is 1. The molecule has 0 spiro atoms. The van der Waals surface area contributed by atoms with Gasteiger partial charge < -0.3 is 9.64 Å². The fourth-order valence-electron chi connectivity index (χ4n) is 4.58. The van der Waals surface area contributed by atoms with Crippen molar-refractivity contribution in [1.82, 2.24) is 9.88 Å². The predicted octanol–water partition coefficient (Wildman–Crippen LogP) is 4.15. The second-order valence-electron chi connectivity index (χ2n) is 9.18. The molecule has 1 amide bonds. The average molecular weight is 474 g/mol. The van der Waals surface area contributed by atoms with Crippen molar-refractivity contribution < 1.29 is 14.5 Å². The molecule has 3 heterocycles. The molecular formula is C23H31N5O4S. The lowest BCUT2D eigenvalue weighted by atomic mass is 9.98. The van der Waals surface area contributed by atoms with Crippen molar-refractivity contribution in [3.63, 3.8) is 0 Å². The summed E-state index contributed by atoms with van der Waals surface area (Å²) in [4.78, 5) is 33.0. The Morgan fingerprint density at radius 2 is 1.94 bits per heavy atom. The van der Waals surface area contributed by atoms with Crippen LogP contribution in [0.3, 0.4) is 0 Å². The number of nitrogens with one attached hydrogen (secondary N) is 1. The summed E-state index contributed by atoms with van der Waals surface area (Å²) >= 11 is 1.36. The number of ether oxygens (including phenoxy) is 1. The number of anilines is 2. The summed E-state index contributed by atoms with van der Waals surface area (Å²) in [6, 6.07) is 4.71. The van der Waals surface area contributed by atoms with Crippen molar-refractivity contribution in [2.45, 2.75) is 52.4 Å². The highest BCUT2D eigenvalue weighted by molar-refractivity contribution is 7.14. The van der Waals surface area contributed by atoms with Crippen LogP contribution in [-0.4, -0.2) is 59.1 Å². The van der Waals surface area contributed by atoms with Gasteiger partial charge in [0.1, 0.15) is 5.69 Å². The van der Waals surface area contributed by atoms with Gasteiger partial charge >= 0.3 is 0 Å². The Morgan fingerprint density at radius 3 is 2.61 bits per heavy atom. The van der Waals surface area contributed by atoms with Crippen molar-refractivity contribution >= 4 is 33.8 Å². The lowest BCUT2D eigenvalue weighted by Gasteiger charge is -2.34. The number of aromatic nitrogens is 1. The number of amides is 1. The molecule has 0 radical (unpaired) electrons. The van der Waals surface area contributed by atoms with Crippen LogP contribution < -0.4 is 10.2 Å². The minimum atomic E-state index is -0.407. The number of benzene rings is 1. The normalized spacial score (nSPS) is 22.3. The van der Waals surface area contributed by atoms with E-state index in [1.165, 1.54) is 17.4 Å². The Balaban J connectivity index is 1.42. The van der Waals surface area contributed by atoms with Crippen LogP contribution in [0.5, 0.6) is 0 Å². The fraction of sp³-hybridized carbons (Fsp3) is 0.565. The van der Waals surface area contributed by atoms with Gasteiger partial charge in [-0.3, -0.25) is 25.1 Å². The zero-order valence-electron chi connectivity index (χ0n) is 19.3. The highest BCUT2D eigenvalue weighted by Gasteiger charge is 2.26. The van der Waals surface area contributed by atoms with Gasteiger partial charge in [0, 0.05) is 49.7 Å². The first-order chi connectivity index (χ1) is 15.8. The molecule has 1 aromatic heterocycles. The van der Waals surface area contributed by atoms with Gasteiger partial charge in [0.15, 0.2) is 5.13 Å². The van der Waals surface area contributed by atoms with Crippen molar-refractivity contribution in [2.75, 3.05) is 36.4 Å². The van der Waals surface area contributed by atoms with Gasteiger partial charge in [-0.25, -0.2) is 4.98 Å². The number of rotatable bonds is 6. The Morgan fingerprint density at radius 1 is 1.24 bits per heavy atom. The largest absolute Gasteiger partial charge is 0.373 e. The zero-order valence-corrected chi connectivity index (χ0v) is 20.1. The van der Waals surface area contributed by atoms with Crippen LogP contribution in [0.1, 0.15) is 49.7 Å². The maximum atomic E-state index is 12.8. The van der Waals surface area contributed by atoms with Gasteiger partial charge in [-0.1, -0.05) is 6.92 Å². The van der Waals surface area contributed by atoms with E-state index in [0.717, 1.165) is 44.7 Å². The van der Waals surface area contributed by atoms with Crippen molar-refractivity contribution in [2.24, 2.45) is 5.92 Å². The maximum Gasteiger partial charge on any atom is 0.293 e. The van der Waals surface area contributed by atoms with Crippen LogP contribution in [0.25, 0.3) is 0 Å². The molecule has 9 nitrogen and oxygen atoms in total. The average Bonchev–Trinajstić information content (AvgIpc) is 3.19. The molecule has 2 aliphatic heterocycles. The number of piperidine rings is 1. The van der Waals surface area contributed by atoms with Crippen LogP contribution in [0.15, 0.2) is 23.6 Å². The third-order valence-electron chi connectivity index (χ3n) is 6.21. The van der Waals surface area contributed by atoms with Crippen molar-refractivity contribution in [1.29, 1.82) is 0 Å². The lowest BCUT2D eigenvalue weighted by molar-refractivity contribution is -0.384. The molecule has 4 rings (SSSR count). The second kappa shape index (κ2) is 10.1. The van der Waals surface area contributed by atoms with Crippen molar-refractivity contribution in [3.8, 4) is 0 Å². The molecule has 0 bridgehead atoms. The molecule has 178 valence electrons. The number of thiazole rings is 1. The quantitative estimate of drug-likeness (QED) is 0.497. The van der Waals surface area contributed by atoms with Gasteiger partial charge in [-0.15, -0.1) is 11.3 Å². The number of carbonyl (C=O) groups excluding carboxylic acids is 1. The van der Waals surface area contributed by atoms with E-state index in [9.17, 15) is 14.9 Å². The summed E-state index contributed by atoms with van der Waals surface area (Å²) in [5.74, 6) is 0.232. The number of nitro groups is 1. The van der Waals surface area contributed by atoms with Crippen LogP contribution in [0.4, 0.5) is 16.5 Å². The summed E-state index contributed by atoms with van der Waals surface area (Å²) in [5, 5.41) is 16.9. The fourth-order valence-corrected chi connectivity index (χ4v) is 5.27. The Labute approximate surface area is 197 Å². The summed E-state index contributed by atoms with van der Waals surface area (Å²) in [5.41, 5.74) is 1.68.